The fourth-order valence-corrected chi connectivity index (χ4v) is 5.81. The van der Waals surface area contributed by atoms with E-state index in [-0.39, 0.29) is 11.3 Å². The number of benzene rings is 3. The van der Waals surface area contributed by atoms with E-state index in [9.17, 15) is 14.7 Å². The molecule has 2 saturated heterocycles. The monoisotopic (exact) mass is 614 g/mol. The third-order valence-electron chi connectivity index (χ3n) is 8.18. The van der Waals surface area contributed by atoms with Gasteiger partial charge in [0.15, 0.2) is 11.5 Å². The second kappa shape index (κ2) is 15.1. The van der Waals surface area contributed by atoms with Gasteiger partial charge in [-0.05, 0) is 66.8 Å². The van der Waals surface area contributed by atoms with Crippen LogP contribution in [0, 0.1) is 6.92 Å². The molecule has 0 spiro atoms. The van der Waals surface area contributed by atoms with Crippen molar-refractivity contribution in [2.75, 3.05) is 53.1 Å². The summed E-state index contributed by atoms with van der Waals surface area (Å²) >= 11 is 0. The molecule has 3 aromatic rings. The molecule has 2 fully saturated rings. The fourth-order valence-electron chi connectivity index (χ4n) is 5.81. The fraction of sp³-hybridized carbons (Fsp3) is 0.389. The number of aryl methyl sites for hydroxylation is 1. The number of Topliss-reactive ketones (excluding diaryl/α,β-unsaturated/α-hetero) is 1. The van der Waals surface area contributed by atoms with Gasteiger partial charge in [-0.1, -0.05) is 43.3 Å². The van der Waals surface area contributed by atoms with E-state index in [4.69, 9.17) is 18.9 Å². The molecule has 45 heavy (non-hydrogen) atoms. The minimum absolute atomic E-state index is 0.0525. The second-order valence-corrected chi connectivity index (χ2v) is 11.3. The van der Waals surface area contributed by atoms with E-state index in [1.807, 2.05) is 56.3 Å². The van der Waals surface area contributed by atoms with Crippen LogP contribution in [0.1, 0.15) is 48.1 Å². The lowest BCUT2D eigenvalue weighted by atomic mass is 9.93. The Bertz CT molecular complexity index is 1520. The van der Waals surface area contributed by atoms with Crippen molar-refractivity contribution in [3.8, 4) is 17.2 Å². The molecule has 238 valence electrons. The van der Waals surface area contributed by atoms with Crippen LogP contribution in [0.5, 0.6) is 17.2 Å². The SMILES string of the molecule is CCCOc1ccc(/C(O)=C2\C(=O)C(=O)N(CCCN3CCOCC3)C2c2ccc(OCc3ccccc3)c(OC)c2)c(C)c1. The Morgan fingerprint density at radius 1 is 0.956 bits per heavy atom. The predicted molar refractivity (Wildman–Crippen MR) is 172 cm³/mol. The van der Waals surface area contributed by atoms with Gasteiger partial charge in [-0.3, -0.25) is 14.5 Å². The zero-order valence-corrected chi connectivity index (χ0v) is 26.3. The Labute approximate surface area is 265 Å². The van der Waals surface area contributed by atoms with Gasteiger partial charge < -0.3 is 29.0 Å². The van der Waals surface area contributed by atoms with Crippen molar-refractivity contribution >= 4 is 17.4 Å². The number of aliphatic hydroxyl groups is 1. The molecule has 0 aliphatic carbocycles. The molecule has 2 aliphatic rings. The lowest BCUT2D eigenvalue weighted by Gasteiger charge is -2.29. The van der Waals surface area contributed by atoms with Crippen molar-refractivity contribution < 1.29 is 33.6 Å². The number of ketones is 1. The minimum Gasteiger partial charge on any atom is -0.507 e. The van der Waals surface area contributed by atoms with Crippen LogP contribution in [-0.2, 0) is 20.9 Å². The van der Waals surface area contributed by atoms with Crippen LogP contribution in [0.4, 0.5) is 0 Å². The van der Waals surface area contributed by atoms with E-state index in [1.54, 1.807) is 36.3 Å². The first-order chi connectivity index (χ1) is 21.9. The van der Waals surface area contributed by atoms with Gasteiger partial charge in [-0.15, -0.1) is 0 Å². The quantitative estimate of drug-likeness (QED) is 0.153. The topological polar surface area (TPSA) is 97.8 Å². The molecular weight excluding hydrogens is 572 g/mol. The summed E-state index contributed by atoms with van der Waals surface area (Å²) < 4.78 is 23.0. The average molecular weight is 615 g/mol. The largest absolute Gasteiger partial charge is 0.507 e. The number of rotatable bonds is 13. The highest BCUT2D eigenvalue weighted by Gasteiger charge is 2.46. The maximum atomic E-state index is 13.7. The van der Waals surface area contributed by atoms with Gasteiger partial charge in [0.25, 0.3) is 11.7 Å². The van der Waals surface area contributed by atoms with Gasteiger partial charge in [0.05, 0.1) is 38.5 Å². The molecule has 2 heterocycles. The molecular formula is C36H42N2O7. The Balaban J connectivity index is 1.49. The molecule has 3 aromatic carbocycles. The van der Waals surface area contributed by atoms with Crippen molar-refractivity contribution in [2.24, 2.45) is 0 Å². The Hall–Kier alpha value is -4.34. The summed E-state index contributed by atoms with van der Waals surface area (Å²) in [7, 11) is 1.55. The summed E-state index contributed by atoms with van der Waals surface area (Å²) in [5.74, 6) is 0.132. The summed E-state index contributed by atoms with van der Waals surface area (Å²) in [6.07, 6.45) is 1.54. The number of aliphatic hydroxyl groups excluding tert-OH is 1. The third-order valence-corrected chi connectivity index (χ3v) is 8.18. The van der Waals surface area contributed by atoms with Crippen LogP contribution in [0.15, 0.2) is 72.3 Å². The van der Waals surface area contributed by atoms with Gasteiger partial charge in [-0.2, -0.15) is 0 Å². The van der Waals surface area contributed by atoms with Crippen LogP contribution in [0.3, 0.4) is 0 Å². The molecule has 1 unspecified atom stereocenters. The third kappa shape index (κ3) is 7.49. The summed E-state index contributed by atoms with van der Waals surface area (Å²) in [6, 6.07) is 19.8. The van der Waals surface area contributed by atoms with Crippen molar-refractivity contribution in [3.63, 3.8) is 0 Å². The van der Waals surface area contributed by atoms with Crippen LogP contribution in [0.25, 0.3) is 5.76 Å². The first-order valence-electron chi connectivity index (χ1n) is 15.6. The highest BCUT2D eigenvalue weighted by molar-refractivity contribution is 6.46. The smallest absolute Gasteiger partial charge is 0.295 e. The van der Waals surface area contributed by atoms with Gasteiger partial charge >= 0.3 is 0 Å². The Morgan fingerprint density at radius 3 is 2.44 bits per heavy atom. The molecule has 0 aromatic heterocycles. The lowest BCUT2D eigenvalue weighted by Crippen LogP contribution is -2.39. The van der Waals surface area contributed by atoms with Crippen molar-refractivity contribution in [1.82, 2.24) is 9.80 Å². The van der Waals surface area contributed by atoms with E-state index in [2.05, 4.69) is 4.90 Å². The normalized spacial score (nSPS) is 18.3. The van der Waals surface area contributed by atoms with Crippen molar-refractivity contribution in [1.29, 1.82) is 0 Å². The number of ether oxygens (including phenoxy) is 4. The number of likely N-dealkylation sites (tertiary alicyclic amines) is 1. The standard InChI is InChI=1S/C36H42N2O7/c1-4-19-44-28-12-13-29(25(2)22-28)34(39)32-33(38(36(41)35(32)40)16-8-15-37-17-20-43-21-18-37)27-11-14-30(31(23-27)42-3)45-24-26-9-6-5-7-10-26/h5-7,9-14,22-23,33,39H,4,8,15-21,24H2,1-3H3/b34-32+. The number of hydrogen-bond donors (Lipinski definition) is 1. The molecule has 0 saturated carbocycles. The Kier molecular flexibility index (Phi) is 10.8. The molecule has 0 bridgehead atoms. The van der Waals surface area contributed by atoms with Gasteiger partial charge in [0.2, 0.25) is 0 Å². The van der Waals surface area contributed by atoms with Gasteiger partial charge in [0, 0.05) is 31.7 Å². The molecule has 1 N–H and O–H groups in total. The first-order valence-corrected chi connectivity index (χ1v) is 15.6. The zero-order chi connectivity index (χ0) is 31.8. The maximum absolute atomic E-state index is 13.7. The average Bonchev–Trinajstić information content (AvgIpc) is 3.32. The van der Waals surface area contributed by atoms with E-state index in [1.165, 1.54) is 0 Å². The first kappa shape index (κ1) is 32.1. The van der Waals surface area contributed by atoms with Crippen LogP contribution in [-0.4, -0.2) is 79.7 Å². The number of carbonyl (C=O) groups is 2. The number of carbonyl (C=O) groups excluding carboxylic acids is 2. The van der Waals surface area contributed by atoms with E-state index in [0.717, 1.165) is 37.2 Å². The molecule has 5 rings (SSSR count). The summed E-state index contributed by atoms with van der Waals surface area (Å²) in [5.41, 5.74) is 2.92. The number of amides is 1. The Morgan fingerprint density at radius 2 is 1.73 bits per heavy atom. The van der Waals surface area contributed by atoms with Crippen LogP contribution < -0.4 is 14.2 Å². The summed E-state index contributed by atoms with van der Waals surface area (Å²) in [6.45, 7) is 8.97. The van der Waals surface area contributed by atoms with Crippen LogP contribution in [0.2, 0.25) is 0 Å². The van der Waals surface area contributed by atoms with E-state index < -0.39 is 17.7 Å². The number of methoxy groups -OCH3 is 1. The lowest BCUT2D eigenvalue weighted by molar-refractivity contribution is -0.140. The minimum atomic E-state index is -0.804. The summed E-state index contributed by atoms with van der Waals surface area (Å²) in [4.78, 5) is 31.1. The molecule has 0 radical (unpaired) electrons. The molecule has 9 nitrogen and oxygen atoms in total. The highest BCUT2D eigenvalue weighted by atomic mass is 16.5. The number of nitrogens with zero attached hydrogens (tertiary/aromatic N) is 2. The predicted octanol–water partition coefficient (Wildman–Crippen LogP) is 5.52. The van der Waals surface area contributed by atoms with Crippen molar-refractivity contribution in [2.45, 2.75) is 39.3 Å². The molecule has 1 atom stereocenters. The van der Waals surface area contributed by atoms with E-state index in [0.29, 0.717) is 67.8 Å². The van der Waals surface area contributed by atoms with Gasteiger partial charge in [0.1, 0.15) is 18.1 Å². The maximum Gasteiger partial charge on any atom is 0.295 e. The summed E-state index contributed by atoms with van der Waals surface area (Å²) in [5, 5.41) is 11.7. The van der Waals surface area contributed by atoms with Gasteiger partial charge in [-0.25, -0.2) is 0 Å². The number of morpholine rings is 1. The zero-order valence-electron chi connectivity index (χ0n) is 26.3. The molecule has 1 amide bonds. The molecule has 2 aliphatic heterocycles. The molecule has 9 heteroatoms. The highest BCUT2D eigenvalue weighted by Crippen LogP contribution is 2.42. The van der Waals surface area contributed by atoms with E-state index >= 15 is 0 Å². The number of hydrogen-bond acceptors (Lipinski definition) is 8. The second-order valence-electron chi connectivity index (χ2n) is 11.3. The van der Waals surface area contributed by atoms with Crippen LogP contribution >= 0.6 is 0 Å². The van der Waals surface area contributed by atoms with Crippen molar-refractivity contribution in [3.05, 3.63) is 94.6 Å².